The molecule has 4 atom stereocenters. The Hall–Kier alpha value is -2.50. The highest BCUT2D eigenvalue weighted by atomic mass is 32.2. The number of rotatable bonds is 5. The van der Waals surface area contributed by atoms with E-state index in [1.165, 1.54) is 16.4 Å². The van der Waals surface area contributed by atoms with Gasteiger partial charge in [-0.2, -0.15) is 17.5 Å². The van der Waals surface area contributed by atoms with Gasteiger partial charge in [0.2, 0.25) is 10.0 Å². The molecule has 6 nitrogen and oxygen atoms in total. The lowest BCUT2D eigenvalue weighted by atomic mass is 9.95. The van der Waals surface area contributed by atoms with Gasteiger partial charge in [0.15, 0.2) is 0 Å². The summed E-state index contributed by atoms with van der Waals surface area (Å²) in [5, 5.41) is 9.56. The highest BCUT2D eigenvalue weighted by molar-refractivity contribution is 7.89. The summed E-state index contributed by atoms with van der Waals surface area (Å²) < 4.78 is 81.6. The molecule has 2 aliphatic rings. The van der Waals surface area contributed by atoms with Crippen LogP contribution in [0.15, 0.2) is 41.3 Å². The van der Waals surface area contributed by atoms with E-state index in [1.807, 2.05) is 4.90 Å². The number of piperazine rings is 1. The smallest absolute Gasteiger partial charge is 0.419 e. The van der Waals surface area contributed by atoms with E-state index in [9.17, 15) is 35.9 Å². The Morgan fingerprint density at radius 2 is 1.72 bits per heavy atom. The second-order valence-corrected chi connectivity index (χ2v) is 11.6. The number of halogens is 4. The molecule has 0 bridgehead atoms. The minimum absolute atomic E-state index is 0.118. The summed E-state index contributed by atoms with van der Waals surface area (Å²) in [6, 6.07) is 6.81. The van der Waals surface area contributed by atoms with Gasteiger partial charge in [0.05, 0.1) is 16.4 Å². The molecule has 0 aromatic heterocycles. The lowest BCUT2D eigenvalue weighted by Crippen LogP contribution is -2.58. The van der Waals surface area contributed by atoms with Gasteiger partial charge >= 0.3 is 12.1 Å². The highest BCUT2D eigenvalue weighted by Crippen LogP contribution is 2.42. The number of carboxylic acid groups (broad SMARTS) is 1. The van der Waals surface area contributed by atoms with Gasteiger partial charge in [-0.05, 0) is 61.1 Å². The molecule has 1 heterocycles. The van der Waals surface area contributed by atoms with Crippen LogP contribution in [-0.4, -0.2) is 53.9 Å². The van der Waals surface area contributed by atoms with Crippen molar-refractivity contribution in [2.24, 2.45) is 5.92 Å². The lowest BCUT2D eigenvalue weighted by Gasteiger charge is -2.43. The van der Waals surface area contributed by atoms with Gasteiger partial charge in [0.1, 0.15) is 5.82 Å². The van der Waals surface area contributed by atoms with E-state index in [1.54, 1.807) is 32.9 Å². The molecule has 1 fully saturated rings. The number of sulfonamides is 1. The maximum absolute atomic E-state index is 14.0. The molecule has 0 amide bonds. The zero-order valence-corrected chi connectivity index (χ0v) is 20.9. The fourth-order valence-corrected chi connectivity index (χ4v) is 7.73. The van der Waals surface area contributed by atoms with E-state index in [-0.39, 0.29) is 23.8 Å². The molecular formula is C25H28F4N2O4S. The Labute approximate surface area is 207 Å². The minimum atomic E-state index is -4.77. The third-order valence-corrected chi connectivity index (χ3v) is 9.43. The molecule has 0 radical (unpaired) electrons. The van der Waals surface area contributed by atoms with E-state index < -0.39 is 51.6 Å². The molecule has 4 rings (SSSR count). The van der Waals surface area contributed by atoms with E-state index in [0.29, 0.717) is 24.2 Å². The second-order valence-electron chi connectivity index (χ2n) is 9.80. The van der Waals surface area contributed by atoms with E-state index in [0.717, 1.165) is 17.7 Å². The molecule has 36 heavy (non-hydrogen) atoms. The first-order valence-electron chi connectivity index (χ1n) is 11.7. The van der Waals surface area contributed by atoms with E-state index in [2.05, 4.69) is 0 Å². The van der Waals surface area contributed by atoms with Crippen LogP contribution >= 0.6 is 0 Å². The highest BCUT2D eigenvalue weighted by Gasteiger charge is 2.43. The first kappa shape index (κ1) is 26.6. The normalized spacial score (nSPS) is 25.6. The average Bonchev–Trinajstić information content (AvgIpc) is 3.09. The summed E-state index contributed by atoms with van der Waals surface area (Å²) in [5.74, 6) is -3.29. The molecule has 2 aromatic rings. The van der Waals surface area contributed by atoms with Crippen LogP contribution in [0, 0.1) is 11.7 Å². The summed E-state index contributed by atoms with van der Waals surface area (Å²) in [6.45, 7) is 6.06. The second kappa shape index (κ2) is 9.42. The Balaban J connectivity index is 1.55. The maximum Gasteiger partial charge on any atom is 0.419 e. The number of aliphatic carboxylic acids is 1. The molecule has 1 N–H and O–H groups in total. The number of alkyl halides is 3. The molecule has 1 saturated heterocycles. The molecule has 1 aliphatic carbocycles. The van der Waals surface area contributed by atoms with Crippen molar-refractivity contribution < 1.29 is 35.9 Å². The van der Waals surface area contributed by atoms with Crippen molar-refractivity contribution >= 4 is 16.0 Å². The van der Waals surface area contributed by atoms with Crippen molar-refractivity contribution in [3.8, 4) is 0 Å². The zero-order chi connectivity index (χ0) is 26.6. The molecule has 11 heteroatoms. The predicted molar refractivity (Wildman–Crippen MR) is 124 cm³/mol. The van der Waals surface area contributed by atoms with Crippen LogP contribution in [0.2, 0.25) is 0 Å². The molecular weight excluding hydrogens is 500 g/mol. The zero-order valence-electron chi connectivity index (χ0n) is 20.1. The summed E-state index contributed by atoms with van der Waals surface area (Å²) in [7, 11) is -3.95. The molecule has 0 spiro atoms. The van der Waals surface area contributed by atoms with Gasteiger partial charge < -0.3 is 5.11 Å². The maximum atomic E-state index is 14.0. The van der Waals surface area contributed by atoms with Crippen molar-refractivity contribution in [2.45, 2.75) is 62.8 Å². The monoisotopic (exact) mass is 528 g/mol. The largest absolute Gasteiger partial charge is 0.481 e. The number of carbonyl (C=O) groups is 1. The molecule has 2 aromatic carbocycles. The van der Waals surface area contributed by atoms with Crippen molar-refractivity contribution in [1.29, 1.82) is 0 Å². The lowest BCUT2D eigenvalue weighted by molar-refractivity contribution is -0.142. The third-order valence-electron chi connectivity index (χ3n) is 7.22. The number of nitrogens with zero attached hydrogens (tertiary/aromatic N) is 2. The van der Waals surface area contributed by atoms with Gasteiger partial charge in [0.25, 0.3) is 0 Å². The summed E-state index contributed by atoms with van der Waals surface area (Å²) in [5.41, 5.74) is 0.316. The molecule has 1 aliphatic heterocycles. The van der Waals surface area contributed by atoms with Crippen LogP contribution in [0.3, 0.4) is 0 Å². The standard InChI is InChI=1S/C25H28F4N2O4S/c1-14-11-30(13-17-7-8-21(22(26)9-17)25(27,28)29)12-15(2)31(14)36(34,35)23-6-4-5-18-16(3)19(24(32)33)10-20(18)23/h4-9,14-16,19H,10-13H2,1-3H3,(H,32,33)/t14-,15+,16?,19?. The van der Waals surface area contributed by atoms with Gasteiger partial charge in [-0.3, -0.25) is 9.69 Å². The number of hydrogen-bond acceptors (Lipinski definition) is 4. The van der Waals surface area contributed by atoms with Crippen molar-refractivity contribution in [2.75, 3.05) is 13.1 Å². The van der Waals surface area contributed by atoms with Crippen LogP contribution in [0.5, 0.6) is 0 Å². The molecule has 196 valence electrons. The summed E-state index contributed by atoms with van der Waals surface area (Å²) in [6.07, 6.45) is -4.63. The number of benzene rings is 2. The Kier molecular flexibility index (Phi) is 6.95. The fraction of sp³-hybridized carbons (Fsp3) is 0.480. The minimum Gasteiger partial charge on any atom is -0.481 e. The van der Waals surface area contributed by atoms with Crippen LogP contribution in [0.1, 0.15) is 48.9 Å². The molecule has 2 unspecified atom stereocenters. The topological polar surface area (TPSA) is 77.9 Å². The van der Waals surface area contributed by atoms with Crippen LogP contribution in [-0.2, 0) is 34.0 Å². The van der Waals surface area contributed by atoms with Crippen molar-refractivity contribution in [3.63, 3.8) is 0 Å². The summed E-state index contributed by atoms with van der Waals surface area (Å²) >= 11 is 0. The van der Waals surface area contributed by atoms with E-state index >= 15 is 0 Å². The van der Waals surface area contributed by atoms with Crippen LogP contribution in [0.25, 0.3) is 0 Å². The van der Waals surface area contributed by atoms with E-state index in [4.69, 9.17) is 0 Å². The fourth-order valence-electron chi connectivity index (χ4n) is 5.66. The number of carboxylic acids is 1. The van der Waals surface area contributed by atoms with Crippen molar-refractivity contribution in [1.82, 2.24) is 9.21 Å². The molecule has 0 saturated carbocycles. The SMILES string of the molecule is CC1c2cccc(S(=O)(=O)N3[C@H](C)CN(Cc4ccc(C(F)(F)F)c(F)c4)C[C@@H]3C)c2CC1C(=O)O. The predicted octanol–water partition coefficient (Wildman–Crippen LogP) is 4.49. The Morgan fingerprint density at radius 3 is 2.28 bits per heavy atom. The van der Waals surface area contributed by atoms with Gasteiger partial charge in [0, 0.05) is 31.7 Å². The summed E-state index contributed by atoms with van der Waals surface area (Å²) in [4.78, 5) is 13.7. The van der Waals surface area contributed by atoms with Gasteiger partial charge in [-0.15, -0.1) is 0 Å². The number of fused-ring (bicyclic) bond motifs is 1. The number of hydrogen-bond donors (Lipinski definition) is 1. The average molecular weight is 529 g/mol. The van der Waals surface area contributed by atoms with Crippen LogP contribution < -0.4 is 0 Å². The third kappa shape index (κ3) is 4.76. The first-order valence-corrected chi connectivity index (χ1v) is 13.1. The Morgan fingerprint density at radius 1 is 1.08 bits per heavy atom. The van der Waals surface area contributed by atoms with Gasteiger partial charge in [-0.1, -0.05) is 25.1 Å². The first-order chi connectivity index (χ1) is 16.7. The Bertz CT molecular complexity index is 1270. The van der Waals surface area contributed by atoms with Gasteiger partial charge in [-0.25, -0.2) is 12.8 Å². The van der Waals surface area contributed by atoms with Crippen molar-refractivity contribution in [3.05, 3.63) is 64.5 Å². The quantitative estimate of drug-likeness (QED) is 0.579. The van der Waals surface area contributed by atoms with Crippen LogP contribution in [0.4, 0.5) is 17.6 Å².